The van der Waals surface area contributed by atoms with Crippen LogP contribution in [0.5, 0.6) is 6.01 Å². The van der Waals surface area contributed by atoms with Crippen molar-refractivity contribution >= 4 is 17.7 Å². The van der Waals surface area contributed by atoms with E-state index >= 15 is 0 Å². The summed E-state index contributed by atoms with van der Waals surface area (Å²) in [6.07, 6.45) is 1.20. The van der Waals surface area contributed by atoms with Gasteiger partial charge >= 0.3 is 6.01 Å². The van der Waals surface area contributed by atoms with Gasteiger partial charge in [0.25, 0.3) is 0 Å². The van der Waals surface area contributed by atoms with E-state index in [9.17, 15) is 4.79 Å². The summed E-state index contributed by atoms with van der Waals surface area (Å²) in [6.45, 7) is 9.52. The molecule has 0 bridgehead atoms. The molecule has 2 aromatic rings. The van der Waals surface area contributed by atoms with E-state index in [1.54, 1.807) is 0 Å². The van der Waals surface area contributed by atoms with Crippen molar-refractivity contribution in [2.75, 3.05) is 13.1 Å². The van der Waals surface area contributed by atoms with Crippen molar-refractivity contribution in [3.8, 4) is 6.01 Å². The van der Waals surface area contributed by atoms with Gasteiger partial charge in [-0.3, -0.25) is 4.79 Å². The van der Waals surface area contributed by atoms with Crippen molar-refractivity contribution in [2.24, 2.45) is 0 Å². The third kappa shape index (κ3) is 5.70. The number of rotatable bonds is 6. The van der Waals surface area contributed by atoms with E-state index in [-0.39, 0.29) is 12.0 Å². The van der Waals surface area contributed by atoms with Gasteiger partial charge in [0.15, 0.2) is 0 Å². The normalized spacial score (nSPS) is 16.8. The van der Waals surface area contributed by atoms with Crippen LogP contribution in [0.2, 0.25) is 0 Å². The number of carbonyl (C=O) groups is 1. The Morgan fingerprint density at radius 1 is 1.22 bits per heavy atom. The third-order valence-corrected chi connectivity index (χ3v) is 5.40. The molecule has 1 aromatic heterocycles. The molecule has 1 saturated heterocycles. The van der Waals surface area contributed by atoms with Crippen LogP contribution < -0.4 is 4.74 Å². The second-order valence-corrected chi connectivity index (χ2v) is 8.94. The zero-order valence-electron chi connectivity index (χ0n) is 16.4. The number of amides is 1. The molecule has 0 radical (unpaired) electrons. The fraction of sp³-hybridized carbons (Fsp3) is 0.476. The monoisotopic (exact) mass is 385 g/mol. The minimum Gasteiger partial charge on any atom is -0.458 e. The van der Waals surface area contributed by atoms with Crippen molar-refractivity contribution in [3.63, 3.8) is 0 Å². The maximum Gasteiger partial charge on any atom is 0.317 e. The molecule has 6 heteroatoms. The first-order valence-electron chi connectivity index (χ1n) is 9.41. The summed E-state index contributed by atoms with van der Waals surface area (Å²) in [7, 11) is 0. The van der Waals surface area contributed by atoms with Crippen LogP contribution in [0.4, 0.5) is 0 Å². The predicted octanol–water partition coefficient (Wildman–Crippen LogP) is 3.82. The molecule has 5 nitrogen and oxygen atoms in total. The summed E-state index contributed by atoms with van der Waals surface area (Å²) in [5.41, 5.74) is 2.83. The number of nitrogens with zero attached hydrogens (tertiary/aromatic N) is 3. The average molecular weight is 386 g/mol. The van der Waals surface area contributed by atoms with Crippen LogP contribution in [0, 0.1) is 13.8 Å². The molecule has 1 unspecified atom stereocenters. The molecule has 1 aromatic carbocycles. The summed E-state index contributed by atoms with van der Waals surface area (Å²) in [5.74, 6) is 0.145. The molecule has 1 aliphatic rings. The van der Waals surface area contributed by atoms with Gasteiger partial charge in [-0.25, -0.2) is 9.97 Å². The molecule has 1 fully saturated rings. The van der Waals surface area contributed by atoms with Gasteiger partial charge < -0.3 is 9.64 Å². The van der Waals surface area contributed by atoms with Gasteiger partial charge in [-0.15, -0.1) is 11.8 Å². The van der Waals surface area contributed by atoms with Gasteiger partial charge in [0.05, 0.1) is 13.0 Å². The van der Waals surface area contributed by atoms with Crippen molar-refractivity contribution in [2.45, 2.75) is 56.8 Å². The van der Waals surface area contributed by atoms with E-state index in [0.717, 1.165) is 29.9 Å². The van der Waals surface area contributed by atoms with E-state index in [0.29, 0.717) is 24.2 Å². The smallest absolute Gasteiger partial charge is 0.317 e. The molecule has 0 N–H and O–H groups in total. The lowest BCUT2D eigenvalue weighted by Crippen LogP contribution is -2.32. The second-order valence-electron chi connectivity index (χ2n) is 7.29. The Balaban J connectivity index is 1.52. The molecule has 1 amide bonds. The van der Waals surface area contributed by atoms with Gasteiger partial charge in [-0.1, -0.05) is 26.0 Å². The molecule has 2 heterocycles. The lowest BCUT2D eigenvalue weighted by Gasteiger charge is -2.17. The summed E-state index contributed by atoms with van der Waals surface area (Å²) in [5, 5.41) is 0.556. The molecule has 0 saturated carbocycles. The third-order valence-electron chi connectivity index (χ3n) is 4.38. The van der Waals surface area contributed by atoms with Gasteiger partial charge in [0.2, 0.25) is 5.91 Å². The summed E-state index contributed by atoms with van der Waals surface area (Å²) >= 11 is 1.83. The lowest BCUT2D eigenvalue weighted by atomic mass is 10.1. The lowest BCUT2D eigenvalue weighted by molar-refractivity contribution is -0.129. The van der Waals surface area contributed by atoms with E-state index < -0.39 is 0 Å². The van der Waals surface area contributed by atoms with Crippen molar-refractivity contribution in [1.82, 2.24) is 14.9 Å². The highest BCUT2D eigenvalue weighted by molar-refractivity contribution is 7.99. The molecule has 144 valence electrons. The van der Waals surface area contributed by atoms with Crippen LogP contribution in [0.15, 0.2) is 35.2 Å². The van der Waals surface area contributed by atoms with Crippen molar-refractivity contribution < 1.29 is 9.53 Å². The molecular formula is C21H27N3O2S. The van der Waals surface area contributed by atoms with Gasteiger partial charge in [0.1, 0.15) is 6.10 Å². The highest BCUT2D eigenvalue weighted by Crippen LogP contribution is 2.23. The number of likely N-dealkylation sites (tertiary alicyclic amines) is 1. The Bertz CT molecular complexity index is 772. The highest BCUT2D eigenvalue weighted by atomic mass is 32.2. The standard InChI is InChI=1S/C21H27N3O2S/c1-14(2)27-19-7-5-17(6-8-19)12-20(25)24-10-9-18(13-24)26-21-22-15(3)11-16(4)23-21/h5-8,11,14,18H,9-10,12-13H2,1-4H3. The van der Waals surface area contributed by atoms with Crippen molar-refractivity contribution in [3.05, 3.63) is 47.3 Å². The minimum atomic E-state index is -0.0417. The van der Waals surface area contributed by atoms with Crippen LogP contribution in [0.3, 0.4) is 0 Å². The maximum absolute atomic E-state index is 12.6. The molecule has 27 heavy (non-hydrogen) atoms. The zero-order valence-corrected chi connectivity index (χ0v) is 17.3. The minimum absolute atomic E-state index is 0.0417. The fourth-order valence-electron chi connectivity index (χ4n) is 3.19. The molecule has 1 aliphatic heterocycles. The summed E-state index contributed by atoms with van der Waals surface area (Å²) < 4.78 is 5.90. The number of thioether (sulfide) groups is 1. The molecule has 3 rings (SSSR count). The number of carbonyl (C=O) groups excluding carboxylic acids is 1. The molecule has 0 aliphatic carbocycles. The maximum atomic E-state index is 12.6. The Morgan fingerprint density at radius 2 is 1.89 bits per heavy atom. The molecule has 1 atom stereocenters. The SMILES string of the molecule is Cc1cc(C)nc(OC2CCN(C(=O)Cc3ccc(SC(C)C)cc3)C2)n1. The second kappa shape index (κ2) is 8.74. The Labute approximate surface area is 165 Å². The topological polar surface area (TPSA) is 55.3 Å². The van der Waals surface area contributed by atoms with Gasteiger partial charge in [-0.05, 0) is 37.6 Å². The average Bonchev–Trinajstić information content (AvgIpc) is 3.04. The Kier molecular flexibility index (Phi) is 6.37. The van der Waals surface area contributed by atoms with Crippen molar-refractivity contribution in [1.29, 1.82) is 0 Å². The van der Waals surface area contributed by atoms with E-state index in [1.165, 1.54) is 4.90 Å². The van der Waals surface area contributed by atoms with Crippen LogP contribution in [0.25, 0.3) is 0 Å². The largest absolute Gasteiger partial charge is 0.458 e. The van der Waals surface area contributed by atoms with Gasteiger partial charge in [0, 0.05) is 34.5 Å². The Morgan fingerprint density at radius 3 is 2.52 bits per heavy atom. The first-order chi connectivity index (χ1) is 12.9. The zero-order chi connectivity index (χ0) is 19.4. The van der Waals surface area contributed by atoms with E-state index in [4.69, 9.17) is 4.74 Å². The van der Waals surface area contributed by atoms with Crippen LogP contribution in [0.1, 0.15) is 37.2 Å². The van der Waals surface area contributed by atoms with Crippen LogP contribution >= 0.6 is 11.8 Å². The predicted molar refractivity (Wildman–Crippen MR) is 108 cm³/mol. The summed E-state index contributed by atoms with van der Waals surface area (Å²) in [6, 6.07) is 10.6. The molecular weight excluding hydrogens is 358 g/mol. The van der Waals surface area contributed by atoms with Gasteiger partial charge in [-0.2, -0.15) is 0 Å². The number of aryl methyl sites for hydroxylation is 2. The fourth-order valence-corrected chi connectivity index (χ4v) is 4.03. The highest BCUT2D eigenvalue weighted by Gasteiger charge is 2.28. The molecule has 0 spiro atoms. The Hall–Kier alpha value is -2.08. The number of ether oxygens (including phenoxy) is 1. The number of hydrogen-bond acceptors (Lipinski definition) is 5. The first kappa shape index (κ1) is 19.7. The number of hydrogen-bond donors (Lipinski definition) is 0. The first-order valence-corrected chi connectivity index (χ1v) is 10.3. The van der Waals surface area contributed by atoms with E-state index in [2.05, 4.69) is 48.1 Å². The van der Waals surface area contributed by atoms with E-state index in [1.807, 2.05) is 36.6 Å². The number of benzene rings is 1. The number of aromatic nitrogens is 2. The van der Waals surface area contributed by atoms with Crippen LogP contribution in [-0.2, 0) is 11.2 Å². The summed E-state index contributed by atoms with van der Waals surface area (Å²) in [4.78, 5) is 24.4. The quantitative estimate of drug-likeness (QED) is 0.708. The van der Waals surface area contributed by atoms with Crippen LogP contribution in [-0.4, -0.2) is 45.2 Å².